The normalized spacial score (nSPS) is 22.3. The molecule has 1 fully saturated rings. The lowest BCUT2D eigenvalue weighted by atomic mass is 10.1. The Morgan fingerprint density at radius 2 is 2.24 bits per heavy atom. The Labute approximate surface area is 128 Å². The Bertz CT molecular complexity index is 619. The molecule has 8 heteroatoms. The number of halogens is 1. The Balaban J connectivity index is 1.94. The van der Waals surface area contributed by atoms with Crippen molar-refractivity contribution in [3.63, 3.8) is 0 Å². The van der Waals surface area contributed by atoms with E-state index in [1.807, 2.05) is 0 Å². The lowest BCUT2D eigenvalue weighted by molar-refractivity contribution is -0.147. The highest BCUT2D eigenvalue weighted by atomic mass is 35.5. The van der Waals surface area contributed by atoms with Gasteiger partial charge in [0.15, 0.2) is 6.10 Å². The number of nitrogens with one attached hydrogen (secondary N) is 1. The molecule has 1 aliphatic heterocycles. The summed E-state index contributed by atoms with van der Waals surface area (Å²) in [4.78, 5) is 10.9. The fraction of sp³-hybridized carbons (Fsp3) is 0.462. The molecular formula is C13H16ClNO5S. The lowest BCUT2D eigenvalue weighted by Crippen LogP contribution is -2.45. The smallest absolute Gasteiger partial charge is 0.334 e. The van der Waals surface area contributed by atoms with Gasteiger partial charge in [-0.2, -0.15) is 0 Å². The van der Waals surface area contributed by atoms with E-state index in [4.69, 9.17) is 21.4 Å². The standard InChI is InChI=1S/C13H16ClNO5S/c14-10-3-1-2-9(8-10)5-7-21(18,19)15-11-4-6-20-12(11)13(16)17/h1-3,8,11-12,15H,4-7H2,(H,16,17)/t11-,12+/m0/s1. The Hall–Kier alpha value is -1.15. The van der Waals surface area contributed by atoms with E-state index < -0.39 is 28.1 Å². The van der Waals surface area contributed by atoms with Crippen LogP contribution in [0.1, 0.15) is 12.0 Å². The van der Waals surface area contributed by atoms with Gasteiger partial charge in [-0.15, -0.1) is 0 Å². The molecule has 0 aromatic heterocycles. The van der Waals surface area contributed by atoms with Gasteiger partial charge in [0.25, 0.3) is 0 Å². The summed E-state index contributed by atoms with van der Waals surface area (Å²) < 4.78 is 31.5. The third-order valence-corrected chi connectivity index (χ3v) is 4.85. The molecule has 1 aliphatic rings. The number of carboxylic acid groups (broad SMARTS) is 1. The van der Waals surface area contributed by atoms with Crippen molar-refractivity contribution in [3.8, 4) is 0 Å². The van der Waals surface area contributed by atoms with Crippen LogP contribution in [0.25, 0.3) is 0 Å². The van der Waals surface area contributed by atoms with Crippen molar-refractivity contribution in [2.75, 3.05) is 12.4 Å². The predicted octanol–water partition coefficient (Wildman–Crippen LogP) is 1.04. The molecule has 0 bridgehead atoms. The maximum Gasteiger partial charge on any atom is 0.334 e. The van der Waals surface area contributed by atoms with Crippen LogP contribution in [-0.2, 0) is 26.0 Å². The van der Waals surface area contributed by atoms with Gasteiger partial charge in [0, 0.05) is 11.6 Å². The summed E-state index contributed by atoms with van der Waals surface area (Å²) in [7, 11) is -3.58. The van der Waals surface area contributed by atoms with Crippen LogP contribution in [0.4, 0.5) is 0 Å². The Morgan fingerprint density at radius 1 is 1.48 bits per heavy atom. The fourth-order valence-corrected chi connectivity index (χ4v) is 3.73. The van der Waals surface area contributed by atoms with Crippen molar-refractivity contribution >= 4 is 27.6 Å². The van der Waals surface area contributed by atoms with Gasteiger partial charge in [0.1, 0.15) is 0 Å². The third-order valence-electron chi connectivity index (χ3n) is 3.21. The van der Waals surface area contributed by atoms with Crippen molar-refractivity contribution in [1.29, 1.82) is 0 Å². The van der Waals surface area contributed by atoms with E-state index in [2.05, 4.69) is 4.72 Å². The van der Waals surface area contributed by atoms with E-state index in [-0.39, 0.29) is 12.4 Å². The Kier molecular flexibility index (Phi) is 5.21. The molecule has 0 unspecified atom stereocenters. The van der Waals surface area contributed by atoms with E-state index in [0.29, 0.717) is 17.9 Å². The van der Waals surface area contributed by atoms with Crippen LogP contribution in [-0.4, -0.2) is 44.0 Å². The monoisotopic (exact) mass is 333 g/mol. The second-order valence-electron chi connectivity index (χ2n) is 4.84. The molecule has 1 heterocycles. The van der Waals surface area contributed by atoms with Gasteiger partial charge in [-0.3, -0.25) is 0 Å². The molecule has 0 aliphatic carbocycles. The number of hydrogen-bond donors (Lipinski definition) is 2. The summed E-state index contributed by atoms with van der Waals surface area (Å²) in [6.07, 6.45) is -0.458. The summed E-state index contributed by atoms with van der Waals surface area (Å²) in [5, 5.41) is 9.49. The van der Waals surface area contributed by atoms with Crippen LogP contribution < -0.4 is 4.72 Å². The summed E-state index contributed by atoms with van der Waals surface area (Å²) in [6, 6.07) is 6.25. The van der Waals surface area contributed by atoms with E-state index in [0.717, 1.165) is 5.56 Å². The summed E-state index contributed by atoms with van der Waals surface area (Å²) >= 11 is 5.84. The SMILES string of the molecule is O=C(O)[C@@H]1OCC[C@@H]1NS(=O)(=O)CCc1cccc(Cl)c1. The molecule has 2 atom stereocenters. The number of rotatable bonds is 6. The molecule has 1 aromatic rings. The van der Waals surface area contributed by atoms with Gasteiger partial charge < -0.3 is 9.84 Å². The quantitative estimate of drug-likeness (QED) is 0.811. The van der Waals surface area contributed by atoms with Gasteiger partial charge in [0.2, 0.25) is 10.0 Å². The molecule has 116 valence electrons. The molecular weight excluding hydrogens is 318 g/mol. The minimum Gasteiger partial charge on any atom is -0.479 e. The summed E-state index contributed by atoms with van der Waals surface area (Å²) in [5.41, 5.74) is 0.810. The first-order valence-corrected chi connectivity index (χ1v) is 8.49. The Morgan fingerprint density at radius 3 is 2.90 bits per heavy atom. The van der Waals surface area contributed by atoms with Gasteiger partial charge >= 0.3 is 5.97 Å². The minimum absolute atomic E-state index is 0.129. The molecule has 0 spiro atoms. The average Bonchev–Trinajstić information content (AvgIpc) is 2.84. The topological polar surface area (TPSA) is 92.7 Å². The highest BCUT2D eigenvalue weighted by molar-refractivity contribution is 7.89. The molecule has 2 N–H and O–H groups in total. The van der Waals surface area contributed by atoms with Crippen LogP contribution in [0.3, 0.4) is 0 Å². The first kappa shape index (κ1) is 16.2. The van der Waals surface area contributed by atoms with Gasteiger partial charge in [-0.05, 0) is 30.5 Å². The number of benzene rings is 1. The highest BCUT2D eigenvalue weighted by Gasteiger charge is 2.36. The van der Waals surface area contributed by atoms with E-state index >= 15 is 0 Å². The van der Waals surface area contributed by atoms with Crippen molar-refractivity contribution in [1.82, 2.24) is 4.72 Å². The maximum atomic E-state index is 12.0. The second kappa shape index (κ2) is 6.74. The third kappa shape index (κ3) is 4.67. The molecule has 21 heavy (non-hydrogen) atoms. The summed E-state index contributed by atoms with van der Waals surface area (Å²) in [6.45, 7) is 0.235. The highest BCUT2D eigenvalue weighted by Crippen LogP contribution is 2.16. The number of carboxylic acids is 1. The minimum atomic E-state index is -3.58. The van der Waals surface area contributed by atoms with Crippen LogP contribution in [0, 0.1) is 0 Å². The van der Waals surface area contributed by atoms with Gasteiger partial charge in [0.05, 0.1) is 11.8 Å². The number of ether oxygens (including phenoxy) is 1. The van der Waals surface area contributed by atoms with E-state index in [1.165, 1.54) is 0 Å². The number of hydrogen-bond acceptors (Lipinski definition) is 4. The molecule has 1 aromatic carbocycles. The second-order valence-corrected chi connectivity index (χ2v) is 7.15. The predicted molar refractivity (Wildman–Crippen MR) is 77.9 cm³/mol. The number of aryl methyl sites for hydroxylation is 1. The van der Waals surface area contributed by atoms with E-state index in [9.17, 15) is 13.2 Å². The van der Waals surface area contributed by atoms with Crippen LogP contribution in [0.15, 0.2) is 24.3 Å². The van der Waals surface area contributed by atoms with Crippen LogP contribution in [0.2, 0.25) is 5.02 Å². The fourth-order valence-electron chi connectivity index (χ4n) is 2.19. The number of sulfonamides is 1. The van der Waals surface area contributed by atoms with Crippen molar-refractivity contribution in [2.24, 2.45) is 0 Å². The van der Waals surface area contributed by atoms with Crippen molar-refractivity contribution < 1.29 is 23.1 Å². The zero-order chi connectivity index (χ0) is 15.5. The number of aliphatic carboxylic acids is 1. The van der Waals surface area contributed by atoms with Crippen molar-refractivity contribution in [2.45, 2.75) is 25.0 Å². The molecule has 1 saturated heterocycles. The number of carbonyl (C=O) groups is 1. The first-order valence-electron chi connectivity index (χ1n) is 6.46. The molecule has 0 saturated carbocycles. The largest absolute Gasteiger partial charge is 0.479 e. The van der Waals surface area contributed by atoms with Gasteiger partial charge in [-0.1, -0.05) is 23.7 Å². The van der Waals surface area contributed by atoms with Gasteiger partial charge in [-0.25, -0.2) is 17.9 Å². The first-order chi connectivity index (χ1) is 9.87. The van der Waals surface area contributed by atoms with E-state index in [1.54, 1.807) is 24.3 Å². The molecule has 2 rings (SSSR count). The summed E-state index contributed by atoms with van der Waals surface area (Å²) in [5.74, 6) is -1.29. The molecule has 0 radical (unpaired) electrons. The molecule has 6 nitrogen and oxygen atoms in total. The maximum absolute atomic E-state index is 12.0. The average molecular weight is 334 g/mol. The zero-order valence-corrected chi connectivity index (χ0v) is 12.7. The van der Waals surface area contributed by atoms with Crippen LogP contribution in [0.5, 0.6) is 0 Å². The molecule has 0 amide bonds. The zero-order valence-electron chi connectivity index (χ0n) is 11.2. The van der Waals surface area contributed by atoms with Crippen LogP contribution >= 0.6 is 11.6 Å². The lowest BCUT2D eigenvalue weighted by Gasteiger charge is -2.16. The van der Waals surface area contributed by atoms with Crippen molar-refractivity contribution in [3.05, 3.63) is 34.9 Å².